The Morgan fingerprint density at radius 3 is 2.65 bits per heavy atom. The first-order chi connectivity index (χ1) is 9.54. The van der Waals surface area contributed by atoms with Gasteiger partial charge in [-0.25, -0.2) is 4.39 Å². The maximum absolute atomic E-state index is 13.1. The smallest absolute Gasteiger partial charge is 0.284 e. The van der Waals surface area contributed by atoms with Gasteiger partial charge in [0.25, 0.3) is 5.76 Å². The summed E-state index contributed by atoms with van der Waals surface area (Å²) in [5, 5.41) is 12.0. The summed E-state index contributed by atoms with van der Waals surface area (Å²) in [5.74, 6) is -2.44. The van der Waals surface area contributed by atoms with Crippen LogP contribution in [0.15, 0.2) is 34.7 Å². The largest absolute Gasteiger partial charge is 0.505 e. The summed E-state index contributed by atoms with van der Waals surface area (Å²) < 4.78 is 42.5. The molecule has 0 amide bonds. The highest BCUT2D eigenvalue weighted by molar-refractivity contribution is 7.98. The highest BCUT2D eigenvalue weighted by Gasteiger charge is 2.07. The minimum Gasteiger partial charge on any atom is -0.505 e. The number of benzene rings is 1. The summed E-state index contributed by atoms with van der Waals surface area (Å²) in [6.07, 6.45) is 0. The molecule has 0 saturated heterocycles. The van der Waals surface area contributed by atoms with Crippen LogP contribution in [0.3, 0.4) is 0 Å². The summed E-state index contributed by atoms with van der Waals surface area (Å²) in [7, 11) is 0. The maximum atomic E-state index is 13.1. The maximum Gasteiger partial charge on any atom is 0.284 e. The van der Waals surface area contributed by atoms with Crippen molar-refractivity contribution < 1.29 is 22.7 Å². The van der Waals surface area contributed by atoms with E-state index in [1.165, 1.54) is 12.1 Å². The lowest BCUT2D eigenvalue weighted by atomic mass is 10.3. The van der Waals surface area contributed by atoms with Crippen LogP contribution in [0, 0.1) is 5.82 Å². The average Bonchev–Trinajstić information content (AvgIpc) is 2.86. The van der Waals surface area contributed by atoms with E-state index in [-0.39, 0.29) is 5.75 Å². The summed E-state index contributed by atoms with van der Waals surface area (Å²) in [6, 6.07) is 7.22. The number of alkyl halides is 2. The lowest BCUT2D eigenvalue weighted by molar-refractivity contribution is 0.251. The molecule has 0 spiro atoms. The molecule has 0 radical (unpaired) electrons. The Kier molecular flexibility index (Phi) is 4.84. The summed E-state index contributed by atoms with van der Waals surface area (Å²) in [5.41, 5.74) is 0.486. The van der Waals surface area contributed by atoms with Gasteiger partial charge in [0.1, 0.15) is 11.5 Å². The van der Waals surface area contributed by atoms with E-state index >= 15 is 0 Å². The molecule has 0 bridgehead atoms. The summed E-state index contributed by atoms with van der Waals surface area (Å²) >= 11 is 0.491. The zero-order valence-electron chi connectivity index (χ0n) is 10.3. The molecule has 3 nitrogen and oxygen atoms in total. The molecule has 0 aliphatic rings. The molecule has 20 heavy (non-hydrogen) atoms. The van der Waals surface area contributed by atoms with Crippen LogP contribution >= 0.6 is 11.8 Å². The van der Waals surface area contributed by atoms with Gasteiger partial charge in [-0.05, 0) is 24.3 Å². The van der Waals surface area contributed by atoms with Gasteiger partial charge >= 0.3 is 0 Å². The van der Waals surface area contributed by atoms with E-state index in [1.54, 1.807) is 12.1 Å². The van der Waals surface area contributed by atoms with Crippen LogP contribution in [0.2, 0.25) is 0 Å². The third-order valence-corrected chi connectivity index (χ3v) is 3.19. The van der Waals surface area contributed by atoms with Crippen LogP contribution < -0.4 is 5.32 Å². The molecule has 2 N–H and O–H groups in total. The van der Waals surface area contributed by atoms with Gasteiger partial charge in [0.05, 0.1) is 12.3 Å². The molecule has 0 aliphatic heterocycles. The molecule has 1 aromatic carbocycles. The Balaban J connectivity index is 1.89. The highest BCUT2D eigenvalue weighted by Crippen LogP contribution is 2.22. The van der Waals surface area contributed by atoms with Crippen molar-refractivity contribution in [3.63, 3.8) is 0 Å². The molecule has 2 aromatic rings. The molecule has 2 rings (SSSR count). The monoisotopic (exact) mass is 303 g/mol. The van der Waals surface area contributed by atoms with Crippen molar-refractivity contribution in [3.05, 3.63) is 47.7 Å². The molecule has 0 fully saturated rings. The number of hydrogen-bond acceptors (Lipinski definition) is 4. The number of aromatic hydroxyl groups is 1. The molecule has 108 valence electrons. The number of anilines is 1. The van der Waals surface area contributed by atoms with Crippen LogP contribution in [0.25, 0.3) is 0 Å². The van der Waals surface area contributed by atoms with E-state index < -0.39 is 17.3 Å². The number of halogens is 3. The molecular formula is C13H12F3NO2S. The van der Waals surface area contributed by atoms with Gasteiger partial charge in [-0.1, -0.05) is 11.8 Å². The van der Waals surface area contributed by atoms with Crippen molar-refractivity contribution in [1.29, 1.82) is 0 Å². The topological polar surface area (TPSA) is 45.4 Å². The van der Waals surface area contributed by atoms with E-state index in [0.717, 1.165) is 6.07 Å². The van der Waals surface area contributed by atoms with Gasteiger partial charge in [0, 0.05) is 11.8 Å². The number of hydrogen-bond donors (Lipinski definition) is 2. The van der Waals surface area contributed by atoms with Crippen molar-refractivity contribution in [3.8, 4) is 5.75 Å². The third-order valence-electron chi connectivity index (χ3n) is 2.48. The lowest BCUT2D eigenvalue weighted by Crippen LogP contribution is -1.98. The summed E-state index contributed by atoms with van der Waals surface area (Å²) in [6.45, 7) is 0.295. The molecule has 0 saturated carbocycles. The minimum atomic E-state index is -2.43. The number of rotatable bonds is 6. The van der Waals surface area contributed by atoms with Crippen LogP contribution in [-0.2, 0) is 12.3 Å². The van der Waals surface area contributed by atoms with Crippen molar-refractivity contribution in [1.82, 2.24) is 0 Å². The Morgan fingerprint density at radius 2 is 1.95 bits per heavy atom. The first-order valence-corrected chi connectivity index (χ1v) is 6.79. The Bertz CT molecular complexity index is 574. The van der Waals surface area contributed by atoms with E-state index in [1.807, 2.05) is 0 Å². The van der Waals surface area contributed by atoms with E-state index in [4.69, 9.17) is 9.52 Å². The first-order valence-electron chi connectivity index (χ1n) is 5.74. The van der Waals surface area contributed by atoms with Gasteiger partial charge in [-0.3, -0.25) is 0 Å². The Labute approximate surface area is 117 Å². The van der Waals surface area contributed by atoms with E-state index in [9.17, 15) is 13.2 Å². The minimum absolute atomic E-state index is 0.103. The number of phenolic OH excluding ortho intramolecular Hbond substituents is 1. The second-order valence-corrected chi connectivity index (χ2v) is 4.94. The van der Waals surface area contributed by atoms with Crippen LogP contribution in [0.4, 0.5) is 18.9 Å². The number of thioether (sulfide) groups is 1. The van der Waals surface area contributed by atoms with E-state index in [0.29, 0.717) is 35.5 Å². The van der Waals surface area contributed by atoms with Gasteiger partial charge in [0.2, 0.25) is 0 Å². The fourth-order valence-corrected chi connectivity index (χ4v) is 1.99. The second kappa shape index (κ2) is 6.60. The molecule has 0 aliphatic carbocycles. The third kappa shape index (κ3) is 4.12. The SMILES string of the molecule is Oc1ccc(NCc2ccc(CSC(F)F)o2)cc1F. The molecule has 0 unspecified atom stereocenters. The predicted octanol–water partition coefficient (Wildman–Crippen LogP) is 4.19. The number of nitrogens with one attached hydrogen (secondary N) is 1. The molecular weight excluding hydrogens is 291 g/mol. The van der Waals surface area contributed by atoms with Crippen molar-refractivity contribution in [2.45, 2.75) is 18.1 Å². The first kappa shape index (κ1) is 14.6. The normalized spacial score (nSPS) is 11.0. The molecule has 0 atom stereocenters. The van der Waals surface area contributed by atoms with Gasteiger partial charge in [-0.15, -0.1) is 0 Å². The predicted molar refractivity (Wildman–Crippen MR) is 71.4 cm³/mol. The van der Waals surface area contributed by atoms with Crippen molar-refractivity contribution in [2.24, 2.45) is 0 Å². The zero-order valence-corrected chi connectivity index (χ0v) is 11.1. The number of phenols is 1. The van der Waals surface area contributed by atoms with Crippen molar-refractivity contribution >= 4 is 17.4 Å². The Hall–Kier alpha value is -1.76. The Morgan fingerprint density at radius 1 is 1.20 bits per heavy atom. The van der Waals surface area contributed by atoms with Gasteiger partial charge < -0.3 is 14.8 Å². The van der Waals surface area contributed by atoms with Gasteiger partial charge in [-0.2, -0.15) is 8.78 Å². The average molecular weight is 303 g/mol. The molecule has 7 heteroatoms. The van der Waals surface area contributed by atoms with E-state index in [2.05, 4.69) is 5.32 Å². The van der Waals surface area contributed by atoms with Crippen LogP contribution in [0.1, 0.15) is 11.5 Å². The lowest BCUT2D eigenvalue weighted by Gasteiger charge is -2.05. The van der Waals surface area contributed by atoms with Gasteiger partial charge in [0.15, 0.2) is 11.6 Å². The zero-order chi connectivity index (χ0) is 14.5. The molecule has 1 aromatic heterocycles. The quantitative estimate of drug-likeness (QED) is 0.785. The fraction of sp³-hybridized carbons (Fsp3) is 0.231. The fourth-order valence-electron chi connectivity index (χ4n) is 1.55. The highest BCUT2D eigenvalue weighted by atomic mass is 32.2. The summed E-state index contributed by atoms with van der Waals surface area (Å²) in [4.78, 5) is 0. The number of furan rings is 1. The standard InChI is InChI=1S/C13H12F3NO2S/c14-11-5-8(1-4-12(11)18)17-6-9-2-3-10(19-9)7-20-13(15)16/h1-5,13,17-18H,6-7H2. The second-order valence-electron chi connectivity index (χ2n) is 3.96. The molecule has 1 heterocycles. The van der Waals surface area contributed by atoms with Crippen LogP contribution in [-0.4, -0.2) is 10.9 Å². The van der Waals surface area contributed by atoms with Crippen molar-refractivity contribution in [2.75, 3.05) is 5.32 Å². The van der Waals surface area contributed by atoms with Crippen LogP contribution in [0.5, 0.6) is 5.75 Å².